The van der Waals surface area contributed by atoms with Crippen LogP contribution in [0.5, 0.6) is 0 Å². The first-order valence-electron chi connectivity index (χ1n) is 9.30. The number of halogens is 2. The molecule has 2 bridgehead atoms. The van der Waals surface area contributed by atoms with Crippen LogP contribution in [0.2, 0.25) is 5.02 Å². The van der Waals surface area contributed by atoms with E-state index in [-0.39, 0.29) is 30.1 Å². The van der Waals surface area contributed by atoms with Crippen molar-refractivity contribution in [3.63, 3.8) is 0 Å². The fourth-order valence-electron chi connectivity index (χ4n) is 3.86. The molecule has 1 aromatic carbocycles. The number of carbonyl (C=O) groups excluding carboxylic acids is 1. The van der Waals surface area contributed by atoms with Gasteiger partial charge in [0.1, 0.15) is 5.82 Å². The summed E-state index contributed by atoms with van der Waals surface area (Å²) in [6, 6.07) is 8.43. The molecule has 146 valence electrons. The Morgan fingerprint density at radius 2 is 1.96 bits per heavy atom. The van der Waals surface area contributed by atoms with Crippen molar-refractivity contribution in [2.45, 2.75) is 51.1 Å². The van der Waals surface area contributed by atoms with Crippen molar-refractivity contribution < 1.29 is 4.79 Å². The van der Waals surface area contributed by atoms with Gasteiger partial charge in [0.15, 0.2) is 0 Å². The highest BCUT2D eigenvalue weighted by Gasteiger charge is 2.33. The molecule has 8 heteroatoms. The first-order chi connectivity index (χ1) is 12.5. The molecule has 27 heavy (non-hydrogen) atoms. The fraction of sp³-hybridized carbons (Fsp3) is 0.526. The van der Waals surface area contributed by atoms with Crippen LogP contribution < -0.4 is 5.32 Å². The number of para-hydroxylation sites is 1. The number of carbonyl (C=O) groups is 1. The molecule has 4 rings (SSSR count). The maximum Gasteiger partial charge on any atom is 0.293 e. The molecule has 0 radical (unpaired) electrons. The van der Waals surface area contributed by atoms with Crippen molar-refractivity contribution in [2.75, 3.05) is 13.1 Å². The lowest BCUT2D eigenvalue weighted by Gasteiger charge is -2.22. The van der Waals surface area contributed by atoms with Crippen LogP contribution in [-0.4, -0.2) is 50.7 Å². The highest BCUT2D eigenvalue weighted by atomic mass is 35.5. The average Bonchev–Trinajstić information content (AvgIpc) is 3.18. The first-order valence-corrected chi connectivity index (χ1v) is 9.68. The molecule has 6 nitrogen and oxygen atoms in total. The van der Waals surface area contributed by atoms with E-state index in [4.69, 9.17) is 11.6 Å². The highest BCUT2D eigenvalue weighted by Crippen LogP contribution is 2.25. The number of nitrogens with one attached hydrogen (secondary N) is 1. The van der Waals surface area contributed by atoms with Gasteiger partial charge in [-0.25, -0.2) is 9.67 Å². The lowest BCUT2D eigenvalue weighted by Crippen LogP contribution is -2.39. The number of aromatic nitrogens is 3. The van der Waals surface area contributed by atoms with Gasteiger partial charge in [-0.1, -0.05) is 37.6 Å². The fourth-order valence-corrected chi connectivity index (χ4v) is 4.07. The van der Waals surface area contributed by atoms with E-state index >= 15 is 0 Å². The summed E-state index contributed by atoms with van der Waals surface area (Å²) in [6.45, 7) is 5.57. The van der Waals surface area contributed by atoms with Gasteiger partial charge < -0.3 is 10.2 Å². The van der Waals surface area contributed by atoms with Crippen molar-refractivity contribution in [2.24, 2.45) is 0 Å². The molecule has 0 aliphatic carbocycles. The Hall–Kier alpha value is -1.63. The molecule has 2 atom stereocenters. The number of hydrogen-bond acceptors (Lipinski definition) is 4. The molecule has 2 unspecified atom stereocenters. The molecule has 1 N–H and O–H groups in total. The maximum atomic E-state index is 13.1. The second kappa shape index (κ2) is 8.17. The lowest BCUT2D eigenvalue weighted by atomic mass is 10.1. The van der Waals surface area contributed by atoms with E-state index in [9.17, 15) is 4.79 Å². The SMILES string of the molecule is CC(C)c1nc(C(=O)N2CCC3CCC(C2)N3)nn1-c1ccccc1Cl.Cl. The Kier molecular flexibility index (Phi) is 6.08. The Labute approximate surface area is 170 Å². The number of hydrogen-bond donors (Lipinski definition) is 1. The van der Waals surface area contributed by atoms with Crippen LogP contribution in [0.1, 0.15) is 55.5 Å². The maximum absolute atomic E-state index is 13.1. The van der Waals surface area contributed by atoms with Gasteiger partial charge in [-0.3, -0.25) is 4.79 Å². The predicted octanol–water partition coefficient (Wildman–Crippen LogP) is 3.43. The van der Waals surface area contributed by atoms with Crippen molar-refractivity contribution in [1.29, 1.82) is 0 Å². The minimum absolute atomic E-state index is 0. The van der Waals surface area contributed by atoms with Gasteiger partial charge in [-0.05, 0) is 31.4 Å². The molecule has 2 aliphatic rings. The van der Waals surface area contributed by atoms with Crippen LogP contribution in [0, 0.1) is 0 Å². The van der Waals surface area contributed by atoms with Crippen LogP contribution in [0.25, 0.3) is 5.69 Å². The third-order valence-electron chi connectivity index (χ3n) is 5.23. The van der Waals surface area contributed by atoms with Gasteiger partial charge in [-0.2, -0.15) is 0 Å². The second-order valence-electron chi connectivity index (χ2n) is 7.49. The molecule has 3 heterocycles. The zero-order chi connectivity index (χ0) is 18.3. The number of likely N-dealkylation sites (tertiary alicyclic amines) is 1. The Bertz CT molecular complexity index is 822. The molecule has 1 aromatic heterocycles. The van der Waals surface area contributed by atoms with E-state index < -0.39 is 0 Å². The topological polar surface area (TPSA) is 63.1 Å². The standard InChI is InChI=1S/C19H24ClN5O.ClH/c1-12(2)18-22-17(23-25(18)16-6-4-3-5-15(16)20)19(26)24-10-9-13-7-8-14(11-24)21-13;/h3-6,12-14,21H,7-11H2,1-2H3;1H. The number of nitrogens with zero attached hydrogens (tertiary/aromatic N) is 4. The van der Waals surface area contributed by atoms with Crippen LogP contribution in [0.3, 0.4) is 0 Å². The van der Waals surface area contributed by atoms with Crippen molar-refractivity contribution in [3.05, 3.63) is 40.9 Å². The third kappa shape index (κ3) is 3.98. The molecule has 2 aromatic rings. The Morgan fingerprint density at radius 1 is 1.22 bits per heavy atom. The zero-order valence-electron chi connectivity index (χ0n) is 15.6. The summed E-state index contributed by atoms with van der Waals surface area (Å²) < 4.78 is 1.71. The van der Waals surface area contributed by atoms with Crippen molar-refractivity contribution in [1.82, 2.24) is 25.0 Å². The van der Waals surface area contributed by atoms with E-state index in [0.29, 0.717) is 17.1 Å². The largest absolute Gasteiger partial charge is 0.334 e. The quantitative estimate of drug-likeness (QED) is 0.842. The summed E-state index contributed by atoms with van der Waals surface area (Å²) in [4.78, 5) is 19.5. The van der Waals surface area contributed by atoms with Gasteiger partial charge in [0.05, 0.1) is 10.7 Å². The van der Waals surface area contributed by atoms with E-state index in [2.05, 4.69) is 15.4 Å². The van der Waals surface area contributed by atoms with Gasteiger partial charge in [0.25, 0.3) is 5.91 Å². The minimum atomic E-state index is -0.0907. The molecule has 1 amide bonds. The first kappa shape index (κ1) is 20.1. The average molecular weight is 410 g/mol. The minimum Gasteiger partial charge on any atom is -0.334 e. The summed E-state index contributed by atoms with van der Waals surface area (Å²) >= 11 is 6.35. The molecule has 2 saturated heterocycles. The molecule has 0 saturated carbocycles. The number of benzene rings is 1. The monoisotopic (exact) mass is 409 g/mol. The van der Waals surface area contributed by atoms with Crippen LogP contribution in [-0.2, 0) is 0 Å². The van der Waals surface area contributed by atoms with Crippen LogP contribution in [0.15, 0.2) is 24.3 Å². The van der Waals surface area contributed by atoms with Crippen LogP contribution >= 0.6 is 24.0 Å². The van der Waals surface area contributed by atoms with E-state index in [0.717, 1.165) is 37.4 Å². The summed E-state index contributed by atoms with van der Waals surface area (Å²) in [5, 5.41) is 8.73. The zero-order valence-corrected chi connectivity index (χ0v) is 17.1. The van der Waals surface area contributed by atoms with Crippen molar-refractivity contribution >= 4 is 29.9 Å². The summed E-state index contributed by atoms with van der Waals surface area (Å²) in [5.41, 5.74) is 0.751. The molecule has 0 spiro atoms. The number of fused-ring (bicyclic) bond motifs is 2. The molecule has 2 aliphatic heterocycles. The lowest BCUT2D eigenvalue weighted by molar-refractivity contribution is 0.0736. The Morgan fingerprint density at radius 3 is 2.70 bits per heavy atom. The van der Waals surface area contributed by atoms with E-state index in [1.807, 2.05) is 43.0 Å². The molecular weight excluding hydrogens is 385 g/mol. The van der Waals surface area contributed by atoms with Gasteiger partial charge in [-0.15, -0.1) is 17.5 Å². The summed E-state index contributed by atoms with van der Waals surface area (Å²) in [7, 11) is 0. The van der Waals surface area contributed by atoms with Crippen molar-refractivity contribution in [3.8, 4) is 5.69 Å². The summed E-state index contributed by atoms with van der Waals surface area (Å²) in [6.07, 6.45) is 3.33. The molecule has 2 fully saturated rings. The highest BCUT2D eigenvalue weighted by molar-refractivity contribution is 6.32. The van der Waals surface area contributed by atoms with Gasteiger partial charge in [0, 0.05) is 31.1 Å². The van der Waals surface area contributed by atoms with Gasteiger partial charge in [0.2, 0.25) is 5.82 Å². The third-order valence-corrected chi connectivity index (χ3v) is 5.55. The summed E-state index contributed by atoms with van der Waals surface area (Å²) in [5.74, 6) is 1.04. The number of rotatable bonds is 3. The van der Waals surface area contributed by atoms with Crippen LogP contribution in [0.4, 0.5) is 0 Å². The predicted molar refractivity (Wildman–Crippen MR) is 108 cm³/mol. The van der Waals surface area contributed by atoms with E-state index in [1.54, 1.807) is 4.68 Å². The smallest absolute Gasteiger partial charge is 0.293 e. The number of amides is 1. The van der Waals surface area contributed by atoms with E-state index in [1.165, 1.54) is 6.42 Å². The van der Waals surface area contributed by atoms with Gasteiger partial charge >= 0.3 is 0 Å². The Balaban J connectivity index is 0.00000210. The molecular formula is C19H25Cl2N5O. The second-order valence-corrected chi connectivity index (χ2v) is 7.90. The normalized spacial score (nSPS) is 21.9.